The summed E-state index contributed by atoms with van der Waals surface area (Å²) in [6.45, 7) is 0. The molecule has 0 unspecified atom stereocenters. The van der Waals surface area contributed by atoms with Gasteiger partial charge in [0.05, 0.1) is 25.9 Å². The molecular formula is C22H20ClN3O4S. The van der Waals surface area contributed by atoms with Gasteiger partial charge in [-0.25, -0.2) is 4.98 Å². The number of fused-ring (bicyclic) bond motifs is 1. The Hall–Kier alpha value is -3.10. The van der Waals surface area contributed by atoms with Gasteiger partial charge in [-0.3, -0.25) is 4.79 Å². The van der Waals surface area contributed by atoms with Crippen molar-refractivity contribution in [3.63, 3.8) is 0 Å². The van der Waals surface area contributed by atoms with E-state index in [2.05, 4.69) is 10.1 Å². The summed E-state index contributed by atoms with van der Waals surface area (Å²) in [5.41, 5.74) is 1.71. The summed E-state index contributed by atoms with van der Waals surface area (Å²) in [5.74, 6) is 2.35. The van der Waals surface area contributed by atoms with Crippen LogP contribution in [0.4, 0.5) is 0 Å². The van der Waals surface area contributed by atoms with Crippen molar-refractivity contribution in [2.75, 3.05) is 21.3 Å². The number of thiazole rings is 1. The number of hydrogen-bond acceptors (Lipinski definition) is 7. The maximum atomic E-state index is 12.7. The van der Waals surface area contributed by atoms with Crippen molar-refractivity contribution >= 4 is 34.0 Å². The van der Waals surface area contributed by atoms with Crippen molar-refractivity contribution in [3.05, 3.63) is 73.3 Å². The Morgan fingerprint density at radius 1 is 1.03 bits per heavy atom. The Morgan fingerprint density at radius 2 is 1.71 bits per heavy atom. The van der Waals surface area contributed by atoms with Gasteiger partial charge in [0.25, 0.3) is 5.56 Å². The Balaban J connectivity index is 1.57. The van der Waals surface area contributed by atoms with Gasteiger partial charge in [-0.2, -0.15) is 4.52 Å². The molecular weight excluding hydrogens is 438 g/mol. The fourth-order valence-electron chi connectivity index (χ4n) is 3.23. The highest BCUT2D eigenvalue weighted by Gasteiger charge is 2.15. The van der Waals surface area contributed by atoms with E-state index in [1.807, 2.05) is 30.3 Å². The van der Waals surface area contributed by atoms with Crippen molar-refractivity contribution < 1.29 is 14.2 Å². The second kappa shape index (κ2) is 8.95. The second-order valence-electron chi connectivity index (χ2n) is 6.72. The molecule has 0 aliphatic heterocycles. The zero-order valence-corrected chi connectivity index (χ0v) is 18.8. The molecule has 31 heavy (non-hydrogen) atoms. The number of ether oxygens (including phenoxy) is 3. The van der Waals surface area contributed by atoms with Gasteiger partial charge < -0.3 is 14.2 Å². The van der Waals surface area contributed by atoms with E-state index < -0.39 is 0 Å². The van der Waals surface area contributed by atoms with Crippen molar-refractivity contribution in [2.24, 2.45) is 0 Å². The Bertz CT molecular complexity index is 1310. The lowest BCUT2D eigenvalue weighted by atomic mass is 10.1. The highest BCUT2D eigenvalue weighted by molar-refractivity contribution is 7.15. The molecule has 0 saturated carbocycles. The maximum absolute atomic E-state index is 12.7. The standard InChI is InChI=1S/C22H20ClN3O4S/c1-28-16-10-14(11-17(29-2)20(16)30-3)6-9-19-24-22-26(25-19)21(27)18(31-22)12-13-4-7-15(23)8-5-13/h4-5,7-8,10-12H,6,9H2,1-3H3/b18-12-. The number of rotatable bonds is 7. The molecule has 0 spiro atoms. The molecule has 9 heteroatoms. The van der Waals surface area contributed by atoms with Gasteiger partial charge in [0.15, 0.2) is 17.3 Å². The van der Waals surface area contributed by atoms with Gasteiger partial charge in [-0.1, -0.05) is 35.1 Å². The first-order valence-electron chi connectivity index (χ1n) is 9.47. The molecule has 7 nitrogen and oxygen atoms in total. The Morgan fingerprint density at radius 3 is 2.29 bits per heavy atom. The van der Waals surface area contributed by atoms with Crippen molar-refractivity contribution in [3.8, 4) is 17.2 Å². The highest BCUT2D eigenvalue weighted by Crippen LogP contribution is 2.38. The van der Waals surface area contributed by atoms with E-state index in [-0.39, 0.29) is 5.56 Å². The fraction of sp³-hybridized carbons (Fsp3) is 0.227. The summed E-state index contributed by atoms with van der Waals surface area (Å²) in [6.07, 6.45) is 3.05. The van der Waals surface area contributed by atoms with Crippen LogP contribution in [0.15, 0.2) is 41.2 Å². The predicted molar refractivity (Wildman–Crippen MR) is 121 cm³/mol. The molecule has 2 heterocycles. The number of hydrogen-bond donors (Lipinski definition) is 0. The molecule has 2 aromatic carbocycles. The van der Waals surface area contributed by atoms with E-state index in [4.69, 9.17) is 25.8 Å². The second-order valence-corrected chi connectivity index (χ2v) is 8.17. The molecule has 0 amide bonds. The van der Waals surface area contributed by atoms with Gasteiger partial charge in [0.2, 0.25) is 10.7 Å². The van der Waals surface area contributed by atoms with Crippen LogP contribution in [0.5, 0.6) is 17.2 Å². The number of aromatic nitrogens is 3. The zero-order valence-electron chi connectivity index (χ0n) is 17.2. The number of nitrogens with zero attached hydrogens (tertiary/aromatic N) is 3. The molecule has 4 rings (SSSR count). The molecule has 0 saturated heterocycles. The first-order chi connectivity index (χ1) is 15.0. The molecule has 0 atom stereocenters. The summed E-state index contributed by atoms with van der Waals surface area (Å²) in [6, 6.07) is 11.1. The lowest BCUT2D eigenvalue weighted by Gasteiger charge is -2.13. The van der Waals surface area contributed by atoms with Crippen LogP contribution in [0.3, 0.4) is 0 Å². The monoisotopic (exact) mass is 457 g/mol. The van der Waals surface area contributed by atoms with Gasteiger partial charge in [0.1, 0.15) is 0 Å². The molecule has 160 valence electrons. The van der Waals surface area contributed by atoms with E-state index >= 15 is 0 Å². The average Bonchev–Trinajstić information content (AvgIpc) is 3.31. The van der Waals surface area contributed by atoms with Gasteiger partial charge in [-0.05, 0) is 47.9 Å². The Labute approximate surface area is 187 Å². The SMILES string of the molecule is COc1cc(CCc2nc3s/c(=C\c4ccc(Cl)cc4)c(=O)n3n2)cc(OC)c1OC. The summed E-state index contributed by atoms with van der Waals surface area (Å²) in [7, 11) is 4.74. The molecule has 0 fully saturated rings. The van der Waals surface area contributed by atoms with E-state index in [9.17, 15) is 4.79 Å². The molecule has 0 bridgehead atoms. The summed E-state index contributed by atoms with van der Waals surface area (Å²) < 4.78 is 18.1. The van der Waals surface area contributed by atoms with Crippen LogP contribution in [0, 0.1) is 0 Å². The molecule has 0 aliphatic rings. The minimum absolute atomic E-state index is 0.179. The number of halogens is 1. The topological polar surface area (TPSA) is 75.0 Å². The third kappa shape index (κ3) is 4.35. The van der Waals surface area contributed by atoms with E-state index in [1.165, 1.54) is 15.9 Å². The van der Waals surface area contributed by atoms with Crippen LogP contribution in [-0.2, 0) is 12.8 Å². The smallest absolute Gasteiger partial charge is 0.291 e. The third-order valence-electron chi connectivity index (χ3n) is 4.76. The van der Waals surface area contributed by atoms with Crippen LogP contribution < -0.4 is 24.3 Å². The lowest BCUT2D eigenvalue weighted by molar-refractivity contribution is 0.324. The van der Waals surface area contributed by atoms with Gasteiger partial charge in [0, 0.05) is 11.4 Å². The third-order valence-corrected chi connectivity index (χ3v) is 5.97. The van der Waals surface area contributed by atoms with Crippen LogP contribution in [0.1, 0.15) is 17.0 Å². The van der Waals surface area contributed by atoms with Crippen LogP contribution >= 0.6 is 22.9 Å². The molecule has 0 aliphatic carbocycles. The number of methoxy groups -OCH3 is 3. The molecule has 0 N–H and O–H groups in total. The fourth-order valence-corrected chi connectivity index (χ4v) is 4.28. The van der Waals surface area contributed by atoms with E-state index in [1.54, 1.807) is 33.5 Å². The summed E-state index contributed by atoms with van der Waals surface area (Å²) in [4.78, 5) is 17.8. The van der Waals surface area contributed by atoms with Gasteiger partial charge in [-0.15, -0.1) is 5.10 Å². The molecule has 2 aromatic heterocycles. The van der Waals surface area contributed by atoms with Crippen molar-refractivity contribution in [2.45, 2.75) is 12.8 Å². The van der Waals surface area contributed by atoms with E-state index in [0.29, 0.717) is 50.4 Å². The summed E-state index contributed by atoms with van der Waals surface area (Å²) >= 11 is 7.23. The molecule has 4 aromatic rings. The molecule has 0 radical (unpaired) electrons. The quantitative estimate of drug-likeness (QED) is 0.424. The van der Waals surface area contributed by atoms with Gasteiger partial charge >= 0.3 is 0 Å². The van der Waals surface area contributed by atoms with Crippen LogP contribution in [-0.4, -0.2) is 35.9 Å². The summed E-state index contributed by atoms with van der Waals surface area (Å²) in [5, 5.41) is 5.05. The zero-order chi connectivity index (χ0) is 22.0. The lowest BCUT2D eigenvalue weighted by Crippen LogP contribution is -2.23. The largest absolute Gasteiger partial charge is 0.493 e. The highest BCUT2D eigenvalue weighted by atomic mass is 35.5. The average molecular weight is 458 g/mol. The van der Waals surface area contributed by atoms with Crippen molar-refractivity contribution in [1.29, 1.82) is 0 Å². The first-order valence-corrected chi connectivity index (χ1v) is 10.7. The number of aryl methyl sites for hydroxylation is 2. The first kappa shape index (κ1) is 21.1. The number of benzene rings is 2. The minimum atomic E-state index is -0.179. The maximum Gasteiger partial charge on any atom is 0.291 e. The van der Waals surface area contributed by atoms with Crippen LogP contribution in [0.2, 0.25) is 5.02 Å². The van der Waals surface area contributed by atoms with Crippen LogP contribution in [0.25, 0.3) is 11.0 Å². The predicted octanol–water partition coefficient (Wildman–Crippen LogP) is 3.16. The Kier molecular flexibility index (Phi) is 6.11. The van der Waals surface area contributed by atoms with Crippen molar-refractivity contribution in [1.82, 2.24) is 14.6 Å². The normalized spacial score (nSPS) is 11.8. The van der Waals surface area contributed by atoms with E-state index in [0.717, 1.165) is 11.1 Å². The minimum Gasteiger partial charge on any atom is -0.493 e.